The minimum absolute atomic E-state index is 0.0909. The molecule has 2 rings (SSSR count). The molecular formula is C14H17FN2O. The zero-order valence-corrected chi connectivity index (χ0v) is 10.5. The quantitative estimate of drug-likeness (QED) is 0.824. The number of anilines is 1. The van der Waals surface area contributed by atoms with Gasteiger partial charge in [-0.3, -0.25) is 0 Å². The van der Waals surface area contributed by atoms with E-state index in [-0.39, 0.29) is 5.56 Å². The first kappa shape index (κ1) is 12.8. The summed E-state index contributed by atoms with van der Waals surface area (Å²) in [5, 5.41) is 8.69. The lowest BCUT2D eigenvalue weighted by Crippen LogP contribution is -2.30. The Balaban J connectivity index is 2.02. The summed E-state index contributed by atoms with van der Waals surface area (Å²) in [7, 11) is 1.94. The van der Waals surface area contributed by atoms with E-state index < -0.39 is 5.82 Å². The average Bonchev–Trinajstić information content (AvgIpc) is 2.39. The molecule has 18 heavy (non-hydrogen) atoms. The van der Waals surface area contributed by atoms with Gasteiger partial charge in [0.05, 0.1) is 12.2 Å². The van der Waals surface area contributed by atoms with Crippen LogP contribution in [0.5, 0.6) is 0 Å². The monoisotopic (exact) mass is 248 g/mol. The summed E-state index contributed by atoms with van der Waals surface area (Å²) < 4.78 is 19.0. The van der Waals surface area contributed by atoms with Crippen molar-refractivity contribution in [1.29, 1.82) is 5.26 Å². The Labute approximate surface area is 107 Å². The van der Waals surface area contributed by atoms with Crippen molar-refractivity contribution in [3.8, 4) is 6.07 Å². The molecule has 4 heteroatoms. The third kappa shape index (κ3) is 2.99. The third-order valence-corrected chi connectivity index (χ3v) is 3.30. The van der Waals surface area contributed by atoms with Crippen LogP contribution in [0.25, 0.3) is 0 Å². The molecule has 0 radical (unpaired) electrons. The van der Waals surface area contributed by atoms with Gasteiger partial charge in [0.2, 0.25) is 0 Å². The van der Waals surface area contributed by atoms with Crippen molar-refractivity contribution in [3.63, 3.8) is 0 Å². The first-order chi connectivity index (χ1) is 8.70. The molecule has 0 saturated carbocycles. The van der Waals surface area contributed by atoms with Crippen LogP contribution in [-0.2, 0) is 4.74 Å². The lowest BCUT2D eigenvalue weighted by atomic mass is 10.0. The molecule has 1 saturated heterocycles. The maximum atomic E-state index is 13.5. The predicted molar refractivity (Wildman–Crippen MR) is 67.9 cm³/mol. The molecule has 1 atom stereocenters. The fraction of sp³-hybridized carbons (Fsp3) is 0.500. The second kappa shape index (κ2) is 5.83. The highest BCUT2D eigenvalue weighted by Crippen LogP contribution is 2.21. The molecule has 0 spiro atoms. The summed E-state index contributed by atoms with van der Waals surface area (Å²) in [4.78, 5) is 2.02. The summed E-state index contributed by atoms with van der Waals surface area (Å²) in [5.41, 5.74) is 0.894. The molecule has 0 aliphatic carbocycles. The standard InChI is InChI=1S/C14H17FN2O/c1-17(9-11-3-2-6-18-10-11)13-5-4-12(8-16)14(15)7-13/h4-5,7,11H,2-3,6,9-10H2,1H3. The molecule has 1 aromatic carbocycles. The molecule has 0 aromatic heterocycles. The van der Waals surface area contributed by atoms with E-state index in [1.54, 1.807) is 6.07 Å². The summed E-state index contributed by atoms with van der Waals surface area (Å²) in [5.74, 6) is 0.0456. The van der Waals surface area contributed by atoms with Gasteiger partial charge in [-0.2, -0.15) is 5.26 Å². The topological polar surface area (TPSA) is 36.3 Å². The number of hydrogen-bond donors (Lipinski definition) is 0. The molecular weight excluding hydrogens is 231 g/mol. The van der Waals surface area contributed by atoms with Crippen molar-refractivity contribution in [3.05, 3.63) is 29.6 Å². The number of hydrogen-bond acceptors (Lipinski definition) is 3. The van der Waals surface area contributed by atoms with E-state index in [4.69, 9.17) is 10.00 Å². The highest BCUT2D eigenvalue weighted by Gasteiger charge is 2.16. The molecule has 96 valence electrons. The normalized spacial score (nSPS) is 19.3. The summed E-state index contributed by atoms with van der Waals surface area (Å²) in [6, 6.07) is 6.56. The van der Waals surface area contributed by atoms with Crippen molar-refractivity contribution in [2.24, 2.45) is 5.92 Å². The average molecular weight is 248 g/mol. The molecule has 1 aromatic rings. The summed E-state index contributed by atoms with van der Waals surface area (Å²) in [6.07, 6.45) is 2.25. The van der Waals surface area contributed by atoms with Gasteiger partial charge in [0.1, 0.15) is 11.9 Å². The molecule has 0 N–H and O–H groups in total. The van der Waals surface area contributed by atoms with Gasteiger partial charge in [-0.25, -0.2) is 4.39 Å². The first-order valence-electron chi connectivity index (χ1n) is 6.19. The highest BCUT2D eigenvalue weighted by molar-refractivity contribution is 5.49. The Morgan fingerprint density at radius 1 is 1.56 bits per heavy atom. The highest BCUT2D eigenvalue weighted by atomic mass is 19.1. The number of nitriles is 1. The van der Waals surface area contributed by atoms with Crippen LogP contribution in [-0.4, -0.2) is 26.8 Å². The number of benzene rings is 1. The largest absolute Gasteiger partial charge is 0.381 e. The van der Waals surface area contributed by atoms with Crippen LogP contribution in [0.2, 0.25) is 0 Å². The Morgan fingerprint density at radius 3 is 3.00 bits per heavy atom. The first-order valence-corrected chi connectivity index (χ1v) is 6.19. The lowest BCUT2D eigenvalue weighted by Gasteiger charge is -2.28. The van der Waals surface area contributed by atoms with E-state index in [1.807, 2.05) is 18.0 Å². The smallest absolute Gasteiger partial charge is 0.143 e. The van der Waals surface area contributed by atoms with Crippen molar-refractivity contribution >= 4 is 5.69 Å². The van der Waals surface area contributed by atoms with E-state index in [0.29, 0.717) is 5.92 Å². The van der Waals surface area contributed by atoms with Gasteiger partial charge in [0, 0.05) is 25.9 Å². The molecule has 1 fully saturated rings. The minimum Gasteiger partial charge on any atom is -0.381 e. The second-order valence-corrected chi connectivity index (χ2v) is 4.74. The minimum atomic E-state index is -0.457. The van der Waals surface area contributed by atoms with Gasteiger partial charge in [-0.1, -0.05) is 0 Å². The van der Waals surface area contributed by atoms with E-state index in [9.17, 15) is 4.39 Å². The van der Waals surface area contributed by atoms with Gasteiger partial charge in [0.25, 0.3) is 0 Å². The van der Waals surface area contributed by atoms with E-state index >= 15 is 0 Å². The number of nitrogens with zero attached hydrogens (tertiary/aromatic N) is 2. The Bertz CT molecular complexity index is 450. The van der Waals surface area contributed by atoms with Gasteiger partial charge in [-0.15, -0.1) is 0 Å². The van der Waals surface area contributed by atoms with Crippen LogP contribution in [0.3, 0.4) is 0 Å². The van der Waals surface area contributed by atoms with Crippen molar-refractivity contribution in [2.75, 3.05) is 31.7 Å². The fourth-order valence-corrected chi connectivity index (χ4v) is 2.28. The molecule has 3 nitrogen and oxygen atoms in total. The van der Waals surface area contributed by atoms with Crippen LogP contribution in [0.4, 0.5) is 10.1 Å². The molecule has 0 amide bonds. The van der Waals surface area contributed by atoms with Crippen LogP contribution in [0.15, 0.2) is 18.2 Å². The molecule has 1 aliphatic rings. The molecule has 1 heterocycles. The Morgan fingerprint density at radius 2 is 2.39 bits per heavy atom. The van der Waals surface area contributed by atoms with Crippen molar-refractivity contribution < 1.29 is 9.13 Å². The van der Waals surface area contributed by atoms with Gasteiger partial charge in [-0.05, 0) is 37.0 Å². The van der Waals surface area contributed by atoms with Gasteiger partial charge in [0.15, 0.2) is 0 Å². The summed E-state index contributed by atoms with van der Waals surface area (Å²) in [6.45, 7) is 2.49. The summed E-state index contributed by atoms with van der Waals surface area (Å²) >= 11 is 0. The number of ether oxygens (including phenoxy) is 1. The Kier molecular flexibility index (Phi) is 4.16. The van der Waals surface area contributed by atoms with Crippen molar-refractivity contribution in [1.82, 2.24) is 0 Å². The van der Waals surface area contributed by atoms with Gasteiger partial charge >= 0.3 is 0 Å². The molecule has 1 unspecified atom stereocenters. The van der Waals surface area contributed by atoms with Crippen LogP contribution < -0.4 is 4.90 Å². The van der Waals surface area contributed by atoms with Gasteiger partial charge < -0.3 is 9.64 Å². The van der Waals surface area contributed by atoms with E-state index in [2.05, 4.69) is 0 Å². The van der Waals surface area contributed by atoms with Crippen LogP contribution in [0, 0.1) is 23.1 Å². The fourth-order valence-electron chi connectivity index (χ4n) is 2.28. The zero-order chi connectivity index (χ0) is 13.0. The van der Waals surface area contributed by atoms with E-state index in [0.717, 1.165) is 38.3 Å². The Hall–Kier alpha value is -1.60. The maximum Gasteiger partial charge on any atom is 0.143 e. The number of rotatable bonds is 3. The lowest BCUT2D eigenvalue weighted by molar-refractivity contribution is 0.0576. The number of halogens is 1. The molecule has 0 bridgehead atoms. The van der Waals surface area contributed by atoms with Crippen LogP contribution in [0.1, 0.15) is 18.4 Å². The second-order valence-electron chi connectivity index (χ2n) is 4.74. The predicted octanol–water partition coefficient (Wildman–Crippen LogP) is 2.56. The third-order valence-electron chi connectivity index (χ3n) is 3.30. The molecule has 1 aliphatic heterocycles. The van der Waals surface area contributed by atoms with E-state index in [1.165, 1.54) is 12.1 Å². The maximum absolute atomic E-state index is 13.5. The van der Waals surface area contributed by atoms with Crippen LogP contribution >= 0.6 is 0 Å². The van der Waals surface area contributed by atoms with Crippen molar-refractivity contribution in [2.45, 2.75) is 12.8 Å². The zero-order valence-electron chi connectivity index (χ0n) is 10.5. The SMILES string of the molecule is CN(CC1CCCOC1)c1ccc(C#N)c(F)c1.